The molecule has 1 unspecified atom stereocenters. The number of hydrogen-bond donors (Lipinski definition) is 1. The van der Waals surface area contributed by atoms with E-state index in [2.05, 4.69) is 4.74 Å². The second kappa shape index (κ2) is 4.79. The molecular formula is C12H14F2O3. The normalized spacial score (nSPS) is 13.3. The van der Waals surface area contributed by atoms with Gasteiger partial charge in [0.1, 0.15) is 11.5 Å². The molecule has 0 aliphatic carbocycles. The monoisotopic (exact) mass is 244 g/mol. The van der Waals surface area contributed by atoms with E-state index in [0.717, 1.165) is 27.0 Å². The van der Waals surface area contributed by atoms with E-state index in [9.17, 15) is 18.7 Å². The summed E-state index contributed by atoms with van der Waals surface area (Å²) in [4.78, 5) is 11.2. The Bertz CT molecular complexity index is 424. The molecule has 0 aliphatic heterocycles. The number of carbonyl (C=O) groups is 1. The Morgan fingerprint density at radius 3 is 2.53 bits per heavy atom. The van der Waals surface area contributed by atoms with Crippen LogP contribution in [0.2, 0.25) is 0 Å². The maximum absolute atomic E-state index is 13.9. The predicted molar refractivity (Wildman–Crippen MR) is 57.5 cm³/mol. The van der Waals surface area contributed by atoms with Crippen LogP contribution in [-0.4, -0.2) is 18.2 Å². The summed E-state index contributed by atoms with van der Waals surface area (Å²) in [6, 6.07) is 3.66. The first-order valence-electron chi connectivity index (χ1n) is 5.02. The number of aliphatic hydroxyl groups excluding tert-OH is 1. The van der Waals surface area contributed by atoms with Crippen molar-refractivity contribution >= 4 is 5.97 Å². The van der Waals surface area contributed by atoms with Crippen molar-refractivity contribution in [1.82, 2.24) is 0 Å². The van der Waals surface area contributed by atoms with E-state index in [1.165, 1.54) is 12.1 Å². The number of benzene rings is 1. The summed E-state index contributed by atoms with van der Waals surface area (Å²) < 4.78 is 31.8. The van der Waals surface area contributed by atoms with Crippen molar-refractivity contribution in [2.24, 2.45) is 0 Å². The molecule has 0 amide bonds. The summed E-state index contributed by atoms with van der Waals surface area (Å²) in [5.41, 5.74) is -2.46. The zero-order chi connectivity index (χ0) is 13.2. The summed E-state index contributed by atoms with van der Waals surface area (Å²) in [6.45, 7) is 2.30. The molecule has 1 N–H and O–H groups in total. The van der Waals surface area contributed by atoms with Gasteiger partial charge in [0.2, 0.25) is 0 Å². The van der Waals surface area contributed by atoms with E-state index in [-0.39, 0.29) is 11.1 Å². The molecule has 0 radical (unpaired) electrons. The molecule has 1 aromatic rings. The minimum Gasteiger partial charge on any atom is -0.467 e. The molecule has 1 atom stereocenters. The van der Waals surface area contributed by atoms with Crippen LogP contribution in [0.15, 0.2) is 18.2 Å². The molecule has 94 valence electrons. The van der Waals surface area contributed by atoms with Gasteiger partial charge in [-0.05, 0) is 19.9 Å². The van der Waals surface area contributed by atoms with Crippen molar-refractivity contribution in [2.45, 2.75) is 25.6 Å². The molecule has 0 saturated carbocycles. The molecule has 0 aliphatic rings. The highest BCUT2D eigenvalue weighted by Gasteiger charge is 2.31. The number of esters is 1. The first-order valence-corrected chi connectivity index (χ1v) is 5.02. The van der Waals surface area contributed by atoms with Crippen molar-refractivity contribution in [3.8, 4) is 0 Å². The standard InChI is InChI=1S/C12H14F2O3/c1-12(2,14)9-7(5-4-6-8(9)13)10(15)11(16)17-3/h4-6,10,15H,1-3H3. The van der Waals surface area contributed by atoms with Gasteiger partial charge in [0.25, 0.3) is 0 Å². The highest BCUT2D eigenvalue weighted by atomic mass is 19.1. The Morgan fingerprint density at radius 1 is 1.47 bits per heavy atom. The number of halogens is 2. The van der Waals surface area contributed by atoms with Crippen molar-refractivity contribution in [3.63, 3.8) is 0 Å². The Labute approximate surface area is 98.0 Å². The molecule has 0 bridgehead atoms. The molecule has 0 aromatic heterocycles. The maximum Gasteiger partial charge on any atom is 0.339 e. The topological polar surface area (TPSA) is 46.5 Å². The summed E-state index contributed by atoms with van der Waals surface area (Å²) in [6.07, 6.45) is -1.69. The van der Waals surface area contributed by atoms with Gasteiger partial charge in [-0.15, -0.1) is 0 Å². The Balaban J connectivity index is 3.34. The molecule has 1 aromatic carbocycles. The summed E-state index contributed by atoms with van der Waals surface area (Å²) in [5.74, 6) is -1.76. The van der Waals surface area contributed by atoms with Crippen molar-refractivity contribution < 1.29 is 23.4 Å². The lowest BCUT2D eigenvalue weighted by molar-refractivity contribution is -0.150. The van der Waals surface area contributed by atoms with E-state index in [1.54, 1.807) is 0 Å². The Hall–Kier alpha value is -1.49. The van der Waals surface area contributed by atoms with E-state index in [4.69, 9.17) is 0 Å². The van der Waals surface area contributed by atoms with Crippen molar-refractivity contribution in [3.05, 3.63) is 35.1 Å². The Kier molecular flexibility index (Phi) is 3.83. The van der Waals surface area contributed by atoms with Crippen LogP contribution in [0.1, 0.15) is 31.1 Å². The first kappa shape index (κ1) is 13.6. The number of ether oxygens (including phenoxy) is 1. The van der Waals surface area contributed by atoms with Crippen LogP contribution in [0.4, 0.5) is 8.78 Å². The van der Waals surface area contributed by atoms with Gasteiger partial charge in [-0.2, -0.15) is 0 Å². The van der Waals surface area contributed by atoms with Gasteiger partial charge >= 0.3 is 5.97 Å². The van der Waals surface area contributed by atoms with Gasteiger partial charge in [0.05, 0.1) is 7.11 Å². The predicted octanol–water partition coefficient (Wildman–Crippen LogP) is 2.24. The number of hydrogen-bond acceptors (Lipinski definition) is 3. The third-order valence-electron chi connectivity index (χ3n) is 2.36. The van der Waals surface area contributed by atoms with Gasteiger partial charge in [0, 0.05) is 11.1 Å². The van der Waals surface area contributed by atoms with E-state index < -0.39 is 23.6 Å². The molecule has 17 heavy (non-hydrogen) atoms. The van der Waals surface area contributed by atoms with Gasteiger partial charge < -0.3 is 9.84 Å². The summed E-state index contributed by atoms with van der Waals surface area (Å²) >= 11 is 0. The number of aliphatic hydroxyl groups is 1. The minimum atomic E-state index is -2.00. The van der Waals surface area contributed by atoms with E-state index in [0.29, 0.717) is 0 Å². The van der Waals surface area contributed by atoms with Crippen LogP contribution in [0.5, 0.6) is 0 Å². The van der Waals surface area contributed by atoms with Crippen LogP contribution in [0.25, 0.3) is 0 Å². The Morgan fingerprint density at radius 2 is 2.06 bits per heavy atom. The van der Waals surface area contributed by atoms with Gasteiger partial charge in [-0.1, -0.05) is 12.1 Å². The number of alkyl halides is 1. The highest BCUT2D eigenvalue weighted by molar-refractivity contribution is 5.76. The summed E-state index contributed by atoms with van der Waals surface area (Å²) in [5, 5.41) is 9.65. The van der Waals surface area contributed by atoms with Gasteiger partial charge in [-0.3, -0.25) is 0 Å². The van der Waals surface area contributed by atoms with E-state index in [1.807, 2.05) is 0 Å². The lowest BCUT2D eigenvalue weighted by atomic mass is 9.91. The van der Waals surface area contributed by atoms with Crippen molar-refractivity contribution in [1.29, 1.82) is 0 Å². The van der Waals surface area contributed by atoms with E-state index >= 15 is 0 Å². The molecule has 3 nitrogen and oxygen atoms in total. The van der Waals surface area contributed by atoms with Crippen molar-refractivity contribution in [2.75, 3.05) is 7.11 Å². The molecule has 1 rings (SSSR count). The smallest absolute Gasteiger partial charge is 0.339 e. The molecule has 0 saturated heterocycles. The van der Waals surface area contributed by atoms with Crippen LogP contribution < -0.4 is 0 Å². The van der Waals surface area contributed by atoms with Crippen LogP contribution in [-0.2, 0) is 15.2 Å². The molecule has 5 heteroatoms. The van der Waals surface area contributed by atoms with Gasteiger partial charge in [-0.25, -0.2) is 13.6 Å². The molecule has 0 spiro atoms. The SMILES string of the molecule is COC(=O)C(O)c1cccc(F)c1C(C)(C)F. The van der Waals surface area contributed by atoms with Crippen LogP contribution >= 0.6 is 0 Å². The van der Waals surface area contributed by atoms with Gasteiger partial charge in [0.15, 0.2) is 6.10 Å². The zero-order valence-electron chi connectivity index (χ0n) is 9.83. The second-order valence-corrected chi connectivity index (χ2v) is 4.10. The first-order chi connectivity index (χ1) is 7.79. The van der Waals surface area contributed by atoms with Crippen LogP contribution in [0.3, 0.4) is 0 Å². The quantitative estimate of drug-likeness (QED) is 0.829. The highest BCUT2D eigenvalue weighted by Crippen LogP contribution is 2.33. The second-order valence-electron chi connectivity index (χ2n) is 4.10. The largest absolute Gasteiger partial charge is 0.467 e. The lowest BCUT2D eigenvalue weighted by Crippen LogP contribution is -2.21. The fourth-order valence-electron chi connectivity index (χ4n) is 1.63. The third-order valence-corrected chi connectivity index (χ3v) is 2.36. The molecular weight excluding hydrogens is 230 g/mol. The molecule has 0 fully saturated rings. The minimum absolute atomic E-state index is 0.121. The van der Waals surface area contributed by atoms with Crippen LogP contribution in [0, 0.1) is 5.82 Å². The average Bonchev–Trinajstić information content (AvgIpc) is 2.24. The number of carbonyl (C=O) groups excluding carboxylic acids is 1. The maximum atomic E-state index is 13.9. The zero-order valence-corrected chi connectivity index (χ0v) is 9.83. The average molecular weight is 244 g/mol. The lowest BCUT2D eigenvalue weighted by Gasteiger charge is -2.21. The third kappa shape index (κ3) is 2.79. The molecule has 0 heterocycles. The fraction of sp³-hybridized carbons (Fsp3) is 0.417. The number of rotatable bonds is 3. The number of methoxy groups -OCH3 is 1. The fourth-order valence-corrected chi connectivity index (χ4v) is 1.63. The summed E-state index contributed by atoms with van der Waals surface area (Å²) in [7, 11) is 1.09.